The average Bonchev–Trinajstić information content (AvgIpc) is 3.09. The number of benzene rings is 1. The third-order valence-corrected chi connectivity index (χ3v) is 7.14. The minimum absolute atomic E-state index is 0.0360. The highest BCUT2D eigenvalue weighted by Gasteiger charge is 2.35. The normalized spacial score (nSPS) is 16.9. The van der Waals surface area contributed by atoms with Gasteiger partial charge in [0.25, 0.3) is 0 Å². The molecule has 4 rings (SSSR count). The second kappa shape index (κ2) is 8.35. The lowest BCUT2D eigenvalue weighted by atomic mass is 9.87. The van der Waals surface area contributed by atoms with Crippen molar-refractivity contribution in [3.05, 3.63) is 36.7 Å². The molecule has 0 bridgehead atoms. The standard InChI is InChI=1S/C23H26F2N2O4S/c1-27-13-19(17-8-11-26-22(30-2)21(17)27)18-12-16(32(3,28)29)4-5-20(18)31-14-15-6-9-23(24,25)10-7-15/h4-5,8,11-13,15H,6-7,9-10,14H2,1-3H3. The molecule has 1 aliphatic carbocycles. The van der Waals surface area contributed by atoms with Crippen molar-refractivity contribution in [3.63, 3.8) is 0 Å². The largest absolute Gasteiger partial charge is 0.493 e. The molecule has 172 valence electrons. The number of ether oxygens (including phenoxy) is 2. The topological polar surface area (TPSA) is 70.4 Å². The van der Waals surface area contributed by atoms with Crippen LogP contribution in [0.15, 0.2) is 41.6 Å². The molecule has 1 saturated carbocycles. The van der Waals surface area contributed by atoms with Crippen LogP contribution in [0.4, 0.5) is 8.78 Å². The van der Waals surface area contributed by atoms with Gasteiger partial charge in [0.15, 0.2) is 9.84 Å². The number of hydrogen-bond donors (Lipinski definition) is 0. The zero-order valence-corrected chi connectivity index (χ0v) is 19.1. The van der Waals surface area contributed by atoms with Crippen LogP contribution in [0.5, 0.6) is 11.6 Å². The van der Waals surface area contributed by atoms with Gasteiger partial charge >= 0.3 is 0 Å². The summed E-state index contributed by atoms with van der Waals surface area (Å²) in [6.07, 6.45) is 5.22. The van der Waals surface area contributed by atoms with Crippen LogP contribution in [0, 0.1) is 5.92 Å². The third kappa shape index (κ3) is 4.44. The number of aryl methyl sites for hydroxylation is 1. The summed E-state index contributed by atoms with van der Waals surface area (Å²) in [5, 5.41) is 0.840. The molecule has 0 unspecified atom stereocenters. The molecule has 6 nitrogen and oxygen atoms in total. The Labute approximate surface area is 186 Å². The molecule has 0 amide bonds. The van der Waals surface area contributed by atoms with Crippen LogP contribution in [0.25, 0.3) is 22.0 Å². The maximum absolute atomic E-state index is 13.5. The van der Waals surface area contributed by atoms with Gasteiger partial charge in [-0.25, -0.2) is 22.2 Å². The predicted octanol–water partition coefficient (Wildman–Crippen LogP) is 4.86. The van der Waals surface area contributed by atoms with Crippen LogP contribution in [-0.2, 0) is 16.9 Å². The third-order valence-electron chi connectivity index (χ3n) is 6.03. The molecule has 0 atom stereocenters. The lowest BCUT2D eigenvalue weighted by Crippen LogP contribution is -2.27. The van der Waals surface area contributed by atoms with Gasteiger partial charge in [0.05, 0.1) is 18.6 Å². The molecule has 1 aliphatic rings. The molecule has 0 aliphatic heterocycles. The van der Waals surface area contributed by atoms with E-state index in [1.807, 2.05) is 23.9 Å². The van der Waals surface area contributed by atoms with Gasteiger partial charge in [-0.2, -0.15) is 0 Å². The molecule has 0 radical (unpaired) electrons. The first-order chi connectivity index (χ1) is 15.1. The number of alkyl halides is 2. The molecular formula is C23H26F2N2O4S. The van der Waals surface area contributed by atoms with E-state index in [-0.39, 0.29) is 23.7 Å². The monoisotopic (exact) mass is 464 g/mol. The van der Waals surface area contributed by atoms with Crippen LogP contribution in [0.3, 0.4) is 0 Å². The number of rotatable bonds is 6. The first kappa shape index (κ1) is 22.5. The number of nitrogens with zero attached hydrogens (tertiary/aromatic N) is 2. The first-order valence-corrected chi connectivity index (χ1v) is 12.3. The quantitative estimate of drug-likeness (QED) is 0.521. The maximum Gasteiger partial charge on any atom is 0.248 e. The van der Waals surface area contributed by atoms with E-state index in [1.165, 1.54) is 6.07 Å². The van der Waals surface area contributed by atoms with E-state index in [2.05, 4.69) is 4.98 Å². The van der Waals surface area contributed by atoms with Crippen molar-refractivity contribution in [1.82, 2.24) is 9.55 Å². The Balaban J connectivity index is 1.74. The fourth-order valence-electron chi connectivity index (χ4n) is 4.24. The molecule has 3 aromatic rings. The molecular weight excluding hydrogens is 438 g/mol. The number of halogens is 2. The second-order valence-electron chi connectivity index (χ2n) is 8.41. The molecule has 0 N–H and O–H groups in total. The summed E-state index contributed by atoms with van der Waals surface area (Å²) in [5.74, 6) is -1.58. The van der Waals surface area contributed by atoms with E-state index in [1.54, 1.807) is 25.4 Å². The Morgan fingerprint density at radius 3 is 2.56 bits per heavy atom. The number of methoxy groups -OCH3 is 1. The maximum atomic E-state index is 13.5. The zero-order valence-electron chi connectivity index (χ0n) is 18.3. The van der Waals surface area contributed by atoms with E-state index in [0.717, 1.165) is 22.7 Å². The fraction of sp³-hybridized carbons (Fsp3) is 0.435. The Kier molecular flexibility index (Phi) is 5.87. The summed E-state index contributed by atoms with van der Waals surface area (Å²) in [6, 6.07) is 6.59. The van der Waals surface area contributed by atoms with Gasteiger partial charge in [0.1, 0.15) is 11.3 Å². The summed E-state index contributed by atoms with van der Waals surface area (Å²) in [5.41, 5.74) is 2.17. The van der Waals surface area contributed by atoms with Gasteiger partial charge in [-0.1, -0.05) is 0 Å². The number of hydrogen-bond acceptors (Lipinski definition) is 5. The van der Waals surface area contributed by atoms with Crippen molar-refractivity contribution in [2.75, 3.05) is 20.0 Å². The van der Waals surface area contributed by atoms with Gasteiger partial charge in [0, 0.05) is 55.1 Å². The van der Waals surface area contributed by atoms with Crippen molar-refractivity contribution in [2.24, 2.45) is 13.0 Å². The summed E-state index contributed by atoms with van der Waals surface area (Å²) < 4.78 is 64.7. The van der Waals surface area contributed by atoms with Crippen molar-refractivity contribution < 1.29 is 26.7 Å². The molecule has 9 heteroatoms. The van der Waals surface area contributed by atoms with Crippen molar-refractivity contribution in [1.29, 1.82) is 0 Å². The van der Waals surface area contributed by atoms with E-state index < -0.39 is 15.8 Å². The van der Waals surface area contributed by atoms with Crippen molar-refractivity contribution in [2.45, 2.75) is 36.5 Å². The number of fused-ring (bicyclic) bond motifs is 1. The Hall–Kier alpha value is -2.68. The molecule has 32 heavy (non-hydrogen) atoms. The van der Waals surface area contributed by atoms with E-state index in [0.29, 0.717) is 36.6 Å². The Morgan fingerprint density at radius 1 is 1.19 bits per heavy atom. The molecule has 1 aromatic carbocycles. The number of sulfone groups is 1. The van der Waals surface area contributed by atoms with Crippen LogP contribution in [-0.4, -0.2) is 43.9 Å². The van der Waals surface area contributed by atoms with Gasteiger partial charge in [0.2, 0.25) is 11.8 Å². The molecule has 2 heterocycles. The van der Waals surface area contributed by atoms with Gasteiger partial charge < -0.3 is 14.0 Å². The first-order valence-electron chi connectivity index (χ1n) is 10.4. The molecule has 0 saturated heterocycles. The molecule has 2 aromatic heterocycles. The van der Waals surface area contributed by atoms with Crippen LogP contribution >= 0.6 is 0 Å². The summed E-state index contributed by atoms with van der Waals surface area (Å²) in [7, 11) is -0.0376. The van der Waals surface area contributed by atoms with Crippen molar-refractivity contribution >= 4 is 20.7 Å². The van der Waals surface area contributed by atoms with Crippen molar-refractivity contribution in [3.8, 4) is 22.8 Å². The van der Waals surface area contributed by atoms with Crippen LogP contribution in [0.1, 0.15) is 25.7 Å². The van der Waals surface area contributed by atoms with Gasteiger partial charge in [-0.15, -0.1) is 0 Å². The summed E-state index contributed by atoms with van der Waals surface area (Å²) in [4.78, 5) is 4.43. The summed E-state index contributed by atoms with van der Waals surface area (Å²) in [6.45, 7) is 0.303. The Morgan fingerprint density at radius 2 is 1.91 bits per heavy atom. The lowest BCUT2D eigenvalue weighted by Gasteiger charge is -2.28. The van der Waals surface area contributed by atoms with E-state index >= 15 is 0 Å². The van der Waals surface area contributed by atoms with Gasteiger partial charge in [-0.3, -0.25) is 0 Å². The zero-order chi connectivity index (χ0) is 23.1. The van der Waals surface area contributed by atoms with Crippen LogP contribution < -0.4 is 9.47 Å². The highest BCUT2D eigenvalue weighted by atomic mass is 32.2. The number of pyridine rings is 1. The average molecular weight is 465 g/mol. The predicted molar refractivity (Wildman–Crippen MR) is 118 cm³/mol. The van der Waals surface area contributed by atoms with Crippen LogP contribution in [0.2, 0.25) is 0 Å². The second-order valence-corrected chi connectivity index (χ2v) is 10.4. The minimum atomic E-state index is -3.44. The lowest BCUT2D eigenvalue weighted by molar-refractivity contribution is -0.0498. The highest BCUT2D eigenvalue weighted by Crippen LogP contribution is 2.41. The number of aromatic nitrogens is 2. The Bertz CT molecular complexity index is 1240. The molecule has 0 spiro atoms. The van der Waals surface area contributed by atoms with E-state index in [4.69, 9.17) is 9.47 Å². The smallest absolute Gasteiger partial charge is 0.248 e. The fourth-order valence-corrected chi connectivity index (χ4v) is 4.88. The highest BCUT2D eigenvalue weighted by molar-refractivity contribution is 7.90. The SMILES string of the molecule is COc1nccc2c(-c3cc(S(C)(=O)=O)ccc3OCC3CCC(F)(F)CC3)cn(C)c12. The summed E-state index contributed by atoms with van der Waals surface area (Å²) >= 11 is 0. The van der Waals surface area contributed by atoms with Gasteiger partial charge in [-0.05, 0) is 43.0 Å². The van der Waals surface area contributed by atoms with E-state index in [9.17, 15) is 17.2 Å². The minimum Gasteiger partial charge on any atom is -0.493 e. The molecule has 1 fully saturated rings.